The Kier molecular flexibility index (Phi) is 6.72. The van der Waals surface area contributed by atoms with Gasteiger partial charge in [-0.25, -0.2) is 4.39 Å². The maximum atomic E-state index is 13.3. The fraction of sp³-hybridized carbons (Fsp3) is 0.462. The summed E-state index contributed by atoms with van der Waals surface area (Å²) in [5.74, 6) is -1.10. The number of ketones is 1. The van der Waals surface area contributed by atoms with E-state index >= 15 is 0 Å². The molecule has 0 heterocycles. The first-order valence-electron chi connectivity index (χ1n) is 5.91. The molecule has 0 aliphatic carbocycles. The van der Waals surface area contributed by atoms with Gasteiger partial charge in [-0.05, 0) is 26.0 Å². The molecule has 0 fully saturated rings. The molecule has 1 rings (SSSR count). The van der Waals surface area contributed by atoms with E-state index in [1.165, 1.54) is 6.07 Å². The fourth-order valence-electron chi connectivity index (χ4n) is 1.57. The van der Waals surface area contributed by atoms with Crippen LogP contribution in [0.15, 0.2) is 12.1 Å². The molecule has 0 aromatic heterocycles. The molecular weight excluding hydrogens is 294 g/mol. The van der Waals surface area contributed by atoms with Crippen LogP contribution in [0.4, 0.5) is 4.39 Å². The van der Waals surface area contributed by atoms with E-state index in [-0.39, 0.29) is 22.0 Å². The highest BCUT2D eigenvalue weighted by molar-refractivity contribution is 6.39. The van der Waals surface area contributed by atoms with Gasteiger partial charge in [0.2, 0.25) is 0 Å². The molecule has 0 atom stereocenters. The summed E-state index contributed by atoms with van der Waals surface area (Å²) >= 11 is 11.6. The lowest BCUT2D eigenvalue weighted by molar-refractivity contribution is -0.133. The molecule has 1 aromatic rings. The van der Waals surface area contributed by atoms with E-state index in [9.17, 15) is 9.18 Å². The normalized spacial score (nSPS) is 11.1. The second kappa shape index (κ2) is 7.80. The first-order chi connectivity index (χ1) is 9.01. The zero-order valence-corrected chi connectivity index (χ0v) is 12.2. The Morgan fingerprint density at radius 3 is 2.37 bits per heavy atom. The summed E-state index contributed by atoms with van der Waals surface area (Å²) in [6, 6.07) is 2.41. The van der Waals surface area contributed by atoms with Crippen LogP contribution in [0.2, 0.25) is 10.0 Å². The maximum Gasteiger partial charge on any atom is 0.171 e. The van der Waals surface area contributed by atoms with Crippen LogP contribution < -0.4 is 0 Å². The maximum absolute atomic E-state index is 13.3. The van der Waals surface area contributed by atoms with Gasteiger partial charge in [0, 0.05) is 13.2 Å². The van der Waals surface area contributed by atoms with E-state index in [2.05, 4.69) is 0 Å². The predicted molar refractivity (Wildman–Crippen MR) is 72.4 cm³/mol. The molecule has 0 amide bonds. The average Bonchev–Trinajstić information content (AvgIpc) is 2.35. The average molecular weight is 309 g/mol. The summed E-state index contributed by atoms with van der Waals surface area (Å²) in [6.07, 6.45) is -0.747. The number of carbonyl (C=O) groups is 1. The molecule has 0 saturated heterocycles. The third-order valence-corrected chi connectivity index (χ3v) is 3.06. The zero-order chi connectivity index (χ0) is 14.4. The largest absolute Gasteiger partial charge is 0.352 e. The van der Waals surface area contributed by atoms with Crippen LogP contribution in [0.5, 0.6) is 0 Å². The summed E-state index contributed by atoms with van der Waals surface area (Å²) in [5, 5.41) is -0.160. The third-order valence-electron chi connectivity index (χ3n) is 2.38. The first kappa shape index (κ1) is 16.4. The Morgan fingerprint density at radius 2 is 1.84 bits per heavy atom. The molecule has 1 aromatic carbocycles. The monoisotopic (exact) mass is 308 g/mol. The predicted octanol–water partition coefficient (Wildman–Crippen LogP) is 4.10. The van der Waals surface area contributed by atoms with Crippen molar-refractivity contribution in [3.05, 3.63) is 33.6 Å². The topological polar surface area (TPSA) is 35.5 Å². The van der Waals surface area contributed by atoms with E-state index in [1.54, 1.807) is 13.8 Å². The molecule has 0 radical (unpaired) electrons. The highest BCUT2D eigenvalue weighted by Crippen LogP contribution is 2.29. The quantitative estimate of drug-likeness (QED) is 0.432. The van der Waals surface area contributed by atoms with Gasteiger partial charge in [-0.3, -0.25) is 4.79 Å². The lowest BCUT2D eigenvalue weighted by Crippen LogP contribution is -2.22. The van der Waals surface area contributed by atoms with Gasteiger partial charge in [-0.2, -0.15) is 0 Å². The minimum Gasteiger partial charge on any atom is -0.352 e. The van der Waals surface area contributed by atoms with Crippen LogP contribution in [0.1, 0.15) is 30.6 Å². The molecule has 0 unspecified atom stereocenters. The van der Waals surface area contributed by atoms with Crippen molar-refractivity contribution < 1.29 is 18.7 Å². The molecule has 0 aliphatic rings. The second-order valence-electron chi connectivity index (χ2n) is 3.69. The molecule has 0 bridgehead atoms. The summed E-state index contributed by atoms with van der Waals surface area (Å²) in [7, 11) is 0. The van der Waals surface area contributed by atoms with Crippen molar-refractivity contribution in [1.29, 1.82) is 0 Å². The Balaban J connectivity index is 2.91. The van der Waals surface area contributed by atoms with E-state index in [1.807, 2.05) is 0 Å². The smallest absolute Gasteiger partial charge is 0.171 e. The highest BCUT2D eigenvalue weighted by atomic mass is 35.5. The molecule has 3 nitrogen and oxygen atoms in total. The Hall–Kier alpha value is -0.680. The number of benzene rings is 1. The molecule has 0 aliphatic heterocycles. The van der Waals surface area contributed by atoms with Crippen LogP contribution >= 0.6 is 23.2 Å². The number of Topliss-reactive ketones (excluding diaryl/α,β-unsaturated/α-hetero) is 1. The summed E-state index contributed by atoms with van der Waals surface area (Å²) in [5.41, 5.74) is -0.0345. The van der Waals surface area contributed by atoms with Crippen molar-refractivity contribution in [3.8, 4) is 0 Å². The molecule has 106 valence electrons. The first-order valence-corrected chi connectivity index (χ1v) is 6.66. The number of hydrogen-bond acceptors (Lipinski definition) is 3. The zero-order valence-electron chi connectivity index (χ0n) is 10.7. The van der Waals surface area contributed by atoms with E-state index in [4.69, 9.17) is 32.7 Å². The number of hydrogen-bond donors (Lipinski definition) is 0. The molecule has 0 spiro atoms. The van der Waals surface area contributed by atoms with Crippen LogP contribution in [0, 0.1) is 5.82 Å². The van der Waals surface area contributed by atoms with Crippen molar-refractivity contribution in [2.75, 3.05) is 13.2 Å². The minimum absolute atomic E-state index is 0.0345. The Bertz CT molecular complexity index is 446. The standard InChI is InChI=1S/C13H15Cl2FO3/c1-3-18-11(19-4-2)7-10(17)12-8(14)5-6-9(16)13(12)15/h5-6,11H,3-4,7H2,1-2H3. The van der Waals surface area contributed by atoms with Crippen LogP contribution in [-0.2, 0) is 9.47 Å². The van der Waals surface area contributed by atoms with Gasteiger partial charge in [0.25, 0.3) is 0 Å². The van der Waals surface area contributed by atoms with E-state index in [0.29, 0.717) is 13.2 Å². The molecular formula is C13H15Cl2FO3. The minimum atomic E-state index is -0.682. The lowest BCUT2D eigenvalue weighted by Gasteiger charge is -2.16. The van der Waals surface area contributed by atoms with Crippen molar-refractivity contribution in [2.24, 2.45) is 0 Å². The van der Waals surface area contributed by atoms with Gasteiger partial charge in [0.15, 0.2) is 12.1 Å². The summed E-state index contributed by atoms with van der Waals surface area (Å²) < 4.78 is 23.9. The van der Waals surface area contributed by atoms with Gasteiger partial charge in [0.1, 0.15) is 5.82 Å². The molecule has 0 saturated carbocycles. The van der Waals surface area contributed by atoms with Gasteiger partial charge >= 0.3 is 0 Å². The van der Waals surface area contributed by atoms with E-state index < -0.39 is 17.9 Å². The van der Waals surface area contributed by atoms with Gasteiger partial charge in [-0.15, -0.1) is 0 Å². The Labute approximate surface area is 121 Å². The summed E-state index contributed by atoms with van der Waals surface area (Å²) in [6.45, 7) is 4.39. The molecule has 0 N–H and O–H groups in total. The SMILES string of the molecule is CCOC(CC(=O)c1c(Cl)ccc(F)c1Cl)OCC. The number of halogens is 3. The third kappa shape index (κ3) is 4.42. The molecule has 19 heavy (non-hydrogen) atoms. The van der Waals surface area contributed by atoms with Crippen molar-refractivity contribution in [2.45, 2.75) is 26.6 Å². The lowest BCUT2D eigenvalue weighted by atomic mass is 10.1. The van der Waals surface area contributed by atoms with Crippen LogP contribution in [0.3, 0.4) is 0 Å². The fourth-order valence-corrected chi connectivity index (χ4v) is 2.16. The van der Waals surface area contributed by atoms with Crippen LogP contribution in [-0.4, -0.2) is 25.3 Å². The van der Waals surface area contributed by atoms with Crippen molar-refractivity contribution >= 4 is 29.0 Å². The second-order valence-corrected chi connectivity index (χ2v) is 4.47. The highest BCUT2D eigenvalue weighted by Gasteiger charge is 2.22. The van der Waals surface area contributed by atoms with E-state index in [0.717, 1.165) is 6.07 Å². The Morgan fingerprint density at radius 1 is 1.26 bits per heavy atom. The van der Waals surface area contributed by atoms with Gasteiger partial charge in [0.05, 0.1) is 22.0 Å². The summed E-state index contributed by atoms with van der Waals surface area (Å²) in [4.78, 5) is 12.1. The van der Waals surface area contributed by atoms with Crippen LogP contribution in [0.25, 0.3) is 0 Å². The van der Waals surface area contributed by atoms with Crippen molar-refractivity contribution in [3.63, 3.8) is 0 Å². The number of ether oxygens (including phenoxy) is 2. The number of carbonyl (C=O) groups excluding carboxylic acids is 1. The van der Waals surface area contributed by atoms with Gasteiger partial charge in [-0.1, -0.05) is 23.2 Å². The van der Waals surface area contributed by atoms with Gasteiger partial charge < -0.3 is 9.47 Å². The molecule has 6 heteroatoms. The number of rotatable bonds is 7. The van der Waals surface area contributed by atoms with Crippen molar-refractivity contribution in [1.82, 2.24) is 0 Å².